The van der Waals surface area contributed by atoms with E-state index in [1.165, 1.54) is 5.39 Å². The fraction of sp³-hybridized carbons (Fsp3) is 0.333. The van der Waals surface area contributed by atoms with E-state index < -0.39 is 0 Å². The maximum absolute atomic E-state index is 6.29. The van der Waals surface area contributed by atoms with Gasteiger partial charge in [0, 0.05) is 24.0 Å². The molecule has 3 heteroatoms. The van der Waals surface area contributed by atoms with Crippen molar-refractivity contribution in [1.29, 1.82) is 0 Å². The number of halogens is 1. The summed E-state index contributed by atoms with van der Waals surface area (Å²) >= 11 is 6.29. The summed E-state index contributed by atoms with van der Waals surface area (Å²) in [6.45, 7) is 2.00. The van der Waals surface area contributed by atoms with Crippen LogP contribution in [-0.2, 0) is 13.5 Å². The summed E-state index contributed by atoms with van der Waals surface area (Å²) in [6.07, 6.45) is 0.820. The second-order valence-electron chi connectivity index (χ2n) is 4.03. The van der Waals surface area contributed by atoms with Crippen molar-refractivity contribution < 1.29 is 0 Å². The van der Waals surface area contributed by atoms with Gasteiger partial charge >= 0.3 is 0 Å². The zero-order valence-corrected chi connectivity index (χ0v) is 9.75. The van der Waals surface area contributed by atoms with Gasteiger partial charge in [-0.2, -0.15) is 0 Å². The zero-order chi connectivity index (χ0) is 11.0. The molecule has 15 heavy (non-hydrogen) atoms. The first-order valence-corrected chi connectivity index (χ1v) is 5.46. The van der Waals surface area contributed by atoms with E-state index in [0.29, 0.717) is 0 Å². The number of aromatic nitrogens is 1. The van der Waals surface area contributed by atoms with Crippen LogP contribution in [0.2, 0.25) is 5.15 Å². The molecule has 0 amide bonds. The van der Waals surface area contributed by atoms with E-state index in [0.717, 1.165) is 22.7 Å². The smallest absolute Gasteiger partial charge is 0.113 e. The predicted octanol–water partition coefficient (Wildman–Crippen LogP) is 2.72. The highest BCUT2D eigenvalue weighted by Crippen LogP contribution is 2.29. The van der Waals surface area contributed by atoms with Gasteiger partial charge in [0.25, 0.3) is 0 Å². The molecule has 1 heterocycles. The average molecular weight is 223 g/mol. The average Bonchev–Trinajstić information content (AvgIpc) is 2.44. The number of hydrogen-bond acceptors (Lipinski definition) is 1. The molecule has 0 saturated carbocycles. The summed E-state index contributed by atoms with van der Waals surface area (Å²) in [4.78, 5) is 0. The van der Waals surface area contributed by atoms with Gasteiger partial charge in [-0.05, 0) is 25.0 Å². The Kier molecular flexibility index (Phi) is 2.72. The number of nitrogens with two attached hydrogens (primary N) is 1. The molecule has 1 aromatic carbocycles. The largest absolute Gasteiger partial charge is 0.335 e. The van der Waals surface area contributed by atoms with Crippen LogP contribution in [0.4, 0.5) is 0 Å². The van der Waals surface area contributed by atoms with E-state index in [1.807, 2.05) is 30.7 Å². The minimum absolute atomic E-state index is 0.133. The molecule has 2 nitrogen and oxygen atoms in total. The molecule has 1 unspecified atom stereocenters. The van der Waals surface area contributed by atoms with Crippen LogP contribution in [0.5, 0.6) is 0 Å². The summed E-state index contributed by atoms with van der Waals surface area (Å²) < 4.78 is 2.01. The Labute approximate surface area is 94.6 Å². The highest BCUT2D eigenvalue weighted by atomic mass is 35.5. The molecule has 2 N–H and O–H groups in total. The van der Waals surface area contributed by atoms with Gasteiger partial charge in [0.1, 0.15) is 5.15 Å². The van der Waals surface area contributed by atoms with E-state index in [4.69, 9.17) is 17.3 Å². The molecule has 0 radical (unpaired) electrons. The van der Waals surface area contributed by atoms with Crippen LogP contribution in [0.3, 0.4) is 0 Å². The Morgan fingerprint density at radius 3 is 2.73 bits per heavy atom. The van der Waals surface area contributed by atoms with Crippen molar-refractivity contribution in [1.82, 2.24) is 4.57 Å². The first-order chi connectivity index (χ1) is 7.11. The van der Waals surface area contributed by atoms with Crippen molar-refractivity contribution in [2.45, 2.75) is 19.4 Å². The number of rotatable bonds is 2. The maximum Gasteiger partial charge on any atom is 0.113 e. The number of para-hydroxylation sites is 1. The van der Waals surface area contributed by atoms with Crippen molar-refractivity contribution >= 4 is 22.5 Å². The monoisotopic (exact) mass is 222 g/mol. The summed E-state index contributed by atoms with van der Waals surface area (Å²) in [5.74, 6) is 0. The third-order valence-corrected chi connectivity index (χ3v) is 3.14. The second kappa shape index (κ2) is 3.87. The molecule has 0 aliphatic rings. The SMILES string of the molecule is CC(N)Cc1c(Cl)n(C)c2ccccc12. The Morgan fingerprint density at radius 2 is 2.07 bits per heavy atom. The van der Waals surface area contributed by atoms with Crippen molar-refractivity contribution in [2.24, 2.45) is 12.8 Å². The molecule has 80 valence electrons. The van der Waals surface area contributed by atoms with Crippen molar-refractivity contribution in [3.63, 3.8) is 0 Å². The fourth-order valence-electron chi connectivity index (χ4n) is 1.96. The molecule has 0 spiro atoms. The Hall–Kier alpha value is -0.990. The second-order valence-corrected chi connectivity index (χ2v) is 4.38. The highest BCUT2D eigenvalue weighted by Gasteiger charge is 2.13. The fourth-order valence-corrected chi connectivity index (χ4v) is 2.23. The first-order valence-electron chi connectivity index (χ1n) is 5.08. The van der Waals surface area contributed by atoms with Crippen LogP contribution in [0.1, 0.15) is 12.5 Å². The van der Waals surface area contributed by atoms with E-state index in [-0.39, 0.29) is 6.04 Å². The lowest BCUT2D eigenvalue weighted by Gasteiger charge is -2.04. The molecule has 2 rings (SSSR count). The minimum atomic E-state index is 0.133. The molecule has 0 saturated heterocycles. The molecule has 2 aromatic rings. The van der Waals surface area contributed by atoms with Crippen molar-refractivity contribution in [3.8, 4) is 0 Å². The number of benzene rings is 1. The van der Waals surface area contributed by atoms with Gasteiger partial charge in [0.2, 0.25) is 0 Å². The lowest BCUT2D eigenvalue weighted by atomic mass is 10.1. The maximum atomic E-state index is 6.29. The minimum Gasteiger partial charge on any atom is -0.335 e. The Balaban J connectivity index is 2.66. The van der Waals surface area contributed by atoms with E-state index in [2.05, 4.69) is 12.1 Å². The summed E-state index contributed by atoms with van der Waals surface area (Å²) in [5.41, 5.74) is 8.15. The van der Waals surface area contributed by atoms with Crippen LogP contribution in [0, 0.1) is 0 Å². The molecular formula is C12H15ClN2. The zero-order valence-electron chi connectivity index (χ0n) is 9.00. The highest BCUT2D eigenvalue weighted by molar-refractivity contribution is 6.32. The van der Waals surface area contributed by atoms with Gasteiger partial charge in [-0.3, -0.25) is 0 Å². The van der Waals surface area contributed by atoms with Crippen LogP contribution < -0.4 is 5.73 Å². The summed E-state index contributed by atoms with van der Waals surface area (Å²) in [7, 11) is 1.98. The molecule has 0 fully saturated rings. The van der Waals surface area contributed by atoms with Gasteiger partial charge in [0.15, 0.2) is 0 Å². The van der Waals surface area contributed by atoms with E-state index in [9.17, 15) is 0 Å². The molecule has 1 aromatic heterocycles. The number of aryl methyl sites for hydroxylation is 1. The molecule has 1 atom stereocenters. The Bertz CT molecular complexity index is 486. The molecule has 0 aliphatic carbocycles. The number of nitrogens with zero attached hydrogens (tertiary/aromatic N) is 1. The summed E-state index contributed by atoms with van der Waals surface area (Å²) in [6, 6.07) is 8.36. The van der Waals surface area contributed by atoms with Gasteiger partial charge in [0.05, 0.1) is 0 Å². The van der Waals surface area contributed by atoms with Gasteiger partial charge in [-0.25, -0.2) is 0 Å². The van der Waals surface area contributed by atoms with Crippen molar-refractivity contribution in [3.05, 3.63) is 35.0 Å². The van der Waals surface area contributed by atoms with Crippen LogP contribution in [0.15, 0.2) is 24.3 Å². The quantitative estimate of drug-likeness (QED) is 0.833. The number of fused-ring (bicyclic) bond motifs is 1. The third-order valence-electron chi connectivity index (χ3n) is 2.66. The standard InChI is InChI=1S/C12H15ClN2/c1-8(14)7-10-9-5-3-4-6-11(9)15(2)12(10)13/h3-6,8H,7,14H2,1-2H3. The molecule has 0 aliphatic heterocycles. The van der Waals surface area contributed by atoms with Crippen LogP contribution in [0.25, 0.3) is 10.9 Å². The van der Waals surface area contributed by atoms with Gasteiger partial charge in [-0.15, -0.1) is 0 Å². The van der Waals surface area contributed by atoms with E-state index in [1.54, 1.807) is 0 Å². The lowest BCUT2D eigenvalue weighted by molar-refractivity contribution is 0.739. The normalized spacial score (nSPS) is 13.3. The third kappa shape index (κ3) is 1.75. The topological polar surface area (TPSA) is 30.9 Å². The predicted molar refractivity (Wildman–Crippen MR) is 65.3 cm³/mol. The van der Waals surface area contributed by atoms with Crippen molar-refractivity contribution in [2.75, 3.05) is 0 Å². The van der Waals surface area contributed by atoms with Gasteiger partial charge in [-0.1, -0.05) is 29.8 Å². The number of hydrogen-bond donors (Lipinski definition) is 1. The lowest BCUT2D eigenvalue weighted by Crippen LogP contribution is -2.17. The molecule has 0 bridgehead atoms. The van der Waals surface area contributed by atoms with Gasteiger partial charge < -0.3 is 10.3 Å². The Morgan fingerprint density at radius 1 is 1.40 bits per heavy atom. The van der Waals surface area contributed by atoms with Crippen LogP contribution in [-0.4, -0.2) is 10.6 Å². The summed E-state index contributed by atoms with van der Waals surface area (Å²) in [5, 5.41) is 2.01. The van der Waals surface area contributed by atoms with E-state index >= 15 is 0 Å². The molecular weight excluding hydrogens is 208 g/mol. The first kappa shape index (κ1) is 10.5. The van der Waals surface area contributed by atoms with Crippen LogP contribution >= 0.6 is 11.6 Å².